The van der Waals surface area contributed by atoms with Crippen LogP contribution >= 0.6 is 0 Å². The molecule has 26 heavy (non-hydrogen) atoms. The fourth-order valence-electron chi connectivity index (χ4n) is 4.12. The number of fused-ring (bicyclic) bond motifs is 1. The molecule has 3 rings (SSSR count). The van der Waals surface area contributed by atoms with Crippen molar-refractivity contribution in [2.75, 3.05) is 25.0 Å². The number of nitrogens with zero attached hydrogens (tertiary/aromatic N) is 2. The number of anilines is 1. The van der Waals surface area contributed by atoms with E-state index in [1.165, 1.54) is 38.2 Å². The van der Waals surface area contributed by atoms with Gasteiger partial charge >= 0.3 is 0 Å². The number of amides is 1. The Morgan fingerprint density at radius 3 is 2.50 bits per heavy atom. The van der Waals surface area contributed by atoms with E-state index in [0.717, 1.165) is 24.1 Å². The van der Waals surface area contributed by atoms with Gasteiger partial charge in [0.25, 0.3) is 0 Å². The van der Waals surface area contributed by atoms with Crippen LogP contribution in [-0.2, 0) is 21.2 Å². The molecule has 0 spiro atoms. The molecule has 1 amide bonds. The molecule has 6 nitrogen and oxygen atoms in total. The van der Waals surface area contributed by atoms with E-state index >= 15 is 0 Å². The third-order valence-corrected chi connectivity index (χ3v) is 6.57. The molecule has 0 aromatic heterocycles. The van der Waals surface area contributed by atoms with Gasteiger partial charge in [-0.3, -0.25) is 9.69 Å². The Bertz CT molecular complexity index is 755. The second kappa shape index (κ2) is 8.06. The van der Waals surface area contributed by atoms with Crippen LogP contribution in [-0.4, -0.2) is 45.4 Å². The molecule has 1 aliphatic heterocycles. The Balaban J connectivity index is 1.66. The van der Waals surface area contributed by atoms with E-state index in [1.807, 2.05) is 7.05 Å². The maximum absolute atomic E-state index is 12.8. The SMILES string of the molecule is CN(CC(=O)N1CCc2cc(S(N)(=O)=O)ccc21)C1CCCCCCC1. The highest BCUT2D eigenvalue weighted by Crippen LogP contribution is 2.30. The van der Waals surface area contributed by atoms with Crippen molar-refractivity contribution < 1.29 is 13.2 Å². The lowest BCUT2D eigenvalue weighted by molar-refractivity contribution is -0.119. The maximum Gasteiger partial charge on any atom is 0.241 e. The molecule has 1 saturated carbocycles. The third-order valence-electron chi connectivity index (χ3n) is 5.66. The molecule has 2 N–H and O–H groups in total. The van der Waals surface area contributed by atoms with Crippen LogP contribution in [0.4, 0.5) is 5.69 Å². The number of rotatable bonds is 4. The summed E-state index contributed by atoms with van der Waals surface area (Å²) < 4.78 is 23.0. The van der Waals surface area contributed by atoms with Crippen molar-refractivity contribution >= 4 is 21.6 Å². The second-order valence-corrected chi connectivity index (χ2v) is 9.11. The second-order valence-electron chi connectivity index (χ2n) is 7.54. The summed E-state index contributed by atoms with van der Waals surface area (Å²) in [5.41, 5.74) is 1.69. The minimum atomic E-state index is -3.71. The number of carbonyl (C=O) groups is 1. The van der Waals surface area contributed by atoms with Crippen molar-refractivity contribution in [3.8, 4) is 0 Å². The van der Waals surface area contributed by atoms with Crippen LogP contribution in [0.3, 0.4) is 0 Å². The van der Waals surface area contributed by atoms with Gasteiger partial charge < -0.3 is 4.90 Å². The molecule has 0 unspecified atom stereocenters. The quantitative estimate of drug-likeness (QED) is 0.870. The number of benzene rings is 1. The van der Waals surface area contributed by atoms with Crippen LogP contribution in [0.5, 0.6) is 0 Å². The molecule has 144 valence electrons. The first-order valence-corrected chi connectivity index (χ1v) is 11.1. The Morgan fingerprint density at radius 1 is 1.19 bits per heavy atom. The summed E-state index contributed by atoms with van der Waals surface area (Å²) in [5.74, 6) is 0.0802. The first-order chi connectivity index (χ1) is 12.4. The standard InChI is InChI=1S/C19H29N3O3S/c1-21(16-7-5-3-2-4-6-8-16)14-19(23)22-12-11-15-13-17(26(20,24)25)9-10-18(15)22/h9-10,13,16H,2-8,11-12,14H2,1H3,(H2,20,24,25). The van der Waals surface area contributed by atoms with Crippen molar-refractivity contribution in [3.05, 3.63) is 23.8 Å². The minimum absolute atomic E-state index is 0.0802. The largest absolute Gasteiger partial charge is 0.311 e. The fraction of sp³-hybridized carbons (Fsp3) is 0.632. The van der Waals surface area contributed by atoms with E-state index in [4.69, 9.17) is 5.14 Å². The molecule has 0 saturated heterocycles. The number of primary sulfonamides is 1. The van der Waals surface area contributed by atoms with Gasteiger partial charge in [0.2, 0.25) is 15.9 Å². The first-order valence-electron chi connectivity index (χ1n) is 9.52. The Hall–Kier alpha value is -1.44. The molecule has 1 aromatic rings. The van der Waals surface area contributed by atoms with Crippen molar-refractivity contribution in [1.82, 2.24) is 4.90 Å². The first kappa shape index (κ1) is 19.3. The summed E-state index contributed by atoms with van der Waals surface area (Å²) in [6, 6.07) is 5.26. The average molecular weight is 380 g/mol. The zero-order chi connectivity index (χ0) is 18.7. The van der Waals surface area contributed by atoms with Crippen LogP contribution in [0.1, 0.15) is 50.5 Å². The maximum atomic E-state index is 12.8. The lowest BCUT2D eigenvalue weighted by Crippen LogP contribution is -2.42. The van der Waals surface area contributed by atoms with E-state index in [9.17, 15) is 13.2 Å². The van der Waals surface area contributed by atoms with E-state index < -0.39 is 10.0 Å². The van der Waals surface area contributed by atoms with Crippen molar-refractivity contribution in [2.45, 2.75) is 62.3 Å². The summed E-state index contributed by atoms with van der Waals surface area (Å²) in [7, 11) is -1.67. The molecule has 1 fully saturated rings. The molecule has 1 aromatic carbocycles. The van der Waals surface area contributed by atoms with Crippen molar-refractivity contribution in [2.24, 2.45) is 5.14 Å². The molecule has 7 heteroatoms. The van der Waals surface area contributed by atoms with Crippen LogP contribution in [0, 0.1) is 0 Å². The molecule has 0 bridgehead atoms. The van der Waals surface area contributed by atoms with Gasteiger partial charge in [-0.25, -0.2) is 13.6 Å². The average Bonchev–Trinajstić information content (AvgIpc) is 2.96. The zero-order valence-electron chi connectivity index (χ0n) is 15.5. The van der Waals surface area contributed by atoms with Gasteiger partial charge in [-0.1, -0.05) is 32.1 Å². The zero-order valence-corrected chi connectivity index (χ0v) is 16.3. The fourth-order valence-corrected chi connectivity index (χ4v) is 4.68. The van der Waals surface area contributed by atoms with Crippen LogP contribution in [0.25, 0.3) is 0 Å². The van der Waals surface area contributed by atoms with Gasteiger partial charge in [0.1, 0.15) is 0 Å². The lowest BCUT2D eigenvalue weighted by atomic mass is 9.96. The van der Waals surface area contributed by atoms with E-state index in [2.05, 4.69) is 4.90 Å². The highest BCUT2D eigenvalue weighted by Gasteiger charge is 2.28. The topological polar surface area (TPSA) is 83.7 Å². The predicted octanol–water partition coefficient (Wildman–Crippen LogP) is 2.27. The number of likely N-dealkylation sites (N-methyl/N-ethyl adjacent to an activating group) is 1. The van der Waals surface area contributed by atoms with Crippen LogP contribution < -0.4 is 10.0 Å². The molecule has 0 atom stereocenters. The predicted molar refractivity (Wildman–Crippen MR) is 103 cm³/mol. The summed E-state index contributed by atoms with van der Waals surface area (Å²) >= 11 is 0. The molecular weight excluding hydrogens is 350 g/mol. The van der Waals surface area contributed by atoms with E-state index in [1.54, 1.807) is 17.0 Å². The van der Waals surface area contributed by atoms with Gasteiger partial charge in [-0.15, -0.1) is 0 Å². The van der Waals surface area contributed by atoms with E-state index in [0.29, 0.717) is 25.6 Å². The number of carbonyl (C=O) groups excluding carboxylic acids is 1. The Morgan fingerprint density at radius 2 is 1.85 bits per heavy atom. The molecule has 0 radical (unpaired) electrons. The normalized spacial score (nSPS) is 19.3. The highest BCUT2D eigenvalue weighted by atomic mass is 32.2. The summed E-state index contributed by atoms with van der Waals surface area (Å²) in [6.45, 7) is 1.00. The van der Waals surface area contributed by atoms with Crippen LogP contribution in [0.15, 0.2) is 23.1 Å². The number of sulfonamides is 1. The van der Waals surface area contributed by atoms with Gasteiger partial charge in [-0.2, -0.15) is 0 Å². The van der Waals surface area contributed by atoms with Crippen molar-refractivity contribution in [1.29, 1.82) is 0 Å². The Labute approximate surface area is 156 Å². The van der Waals surface area contributed by atoms with Gasteiger partial charge in [0.15, 0.2) is 0 Å². The summed E-state index contributed by atoms with van der Waals surface area (Å²) in [6.07, 6.45) is 9.40. The third kappa shape index (κ3) is 4.45. The minimum Gasteiger partial charge on any atom is -0.311 e. The summed E-state index contributed by atoms with van der Waals surface area (Å²) in [4.78, 5) is 16.9. The van der Waals surface area contributed by atoms with Crippen molar-refractivity contribution in [3.63, 3.8) is 0 Å². The molecule has 2 aliphatic rings. The highest BCUT2D eigenvalue weighted by molar-refractivity contribution is 7.89. The molecule has 1 heterocycles. The molecule has 1 aliphatic carbocycles. The number of hydrogen-bond acceptors (Lipinski definition) is 4. The number of hydrogen-bond donors (Lipinski definition) is 1. The van der Waals surface area contributed by atoms with Gasteiger partial charge in [0.05, 0.1) is 11.4 Å². The monoisotopic (exact) mass is 379 g/mol. The summed E-state index contributed by atoms with van der Waals surface area (Å²) in [5, 5.41) is 5.20. The number of nitrogens with two attached hydrogens (primary N) is 1. The van der Waals surface area contributed by atoms with Gasteiger partial charge in [0, 0.05) is 18.3 Å². The smallest absolute Gasteiger partial charge is 0.241 e. The molecular formula is C19H29N3O3S. The van der Waals surface area contributed by atoms with Crippen LogP contribution in [0.2, 0.25) is 0 Å². The Kier molecular flexibility index (Phi) is 5.99. The van der Waals surface area contributed by atoms with Gasteiger partial charge in [-0.05, 0) is 50.1 Å². The lowest BCUT2D eigenvalue weighted by Gasteiger charge is -2.30. The van der Waals surface area contributed by atoms with E-state index in [-0.39, 0.29) is 10.8 Å².